The highest BCUT2D eigenvalue weighted by molar-refractivity contribution is 7.89. The minimum absolute atomic E-state index is 0.136. The molecule has 2 aromatic rings. The molecule has 0 atom stereocenters. The topological polar surface area (TPSA) is 92.8 Å². The molecule has 1 amide bonds. The lowest BCUT2D eigenvalue weighted by atomic mass is 10.0. The van der Waals surface area contributed by atoms with Gasteiger partial charge in [-0.2, -0.15) is 4.31 Å². The maximum Gasteiger partial charge on any atom is 0.338 e. The molecule has 0 bridgehead atoms. The molecule has 0 spiro atoms. The fraction of sp³-hybridized carbons (Fsp3) is 0.417. The van der Waals surface area contributed by atoms with Crippen LogP contribution in [-0.4, -0.2) is 44.3 Å². The van der Waals surface area contributed by atoms with Gasteiger partial charge in [0.1, 0.15) is 10.7 Å². The molecule has 0 radical (unpaired) electrons. The molecule has 0 saturated carbocycles. The second-order valence-corrected chi connectivity index (χ2v) is 9.80. The Morgan fingerprint density at radius 1 is 1.03 bits per heavy atom. The maximum absolute atomic E-state index is 14.4. The Bertz CT molecular complexity index is 1110. The Balaban J connectivity index is 1.70. The van der Waals surface area contributed by atoms with Gasteiger partial charge in [0.05, 0.1) is 5.56 Å². The minimum atomic E-state index is -4.06. The van der Waals surface area contributed by atoms with E-state index in [2.05, 4.69) is 5.32 Å². The Morgan fingerprint density at radius 3 is 2.27 bits per heavy atom. The van der Waals surface area contributed by atoms with Crippen LogP contribution in [0, 0.1) is 5.82 Å². The number of ether oxygens (including phenoxy) is 1. The van der Waals surface area contributed by atoms with Crippen molar-refractivity contribution in [3.05, 3.63) is 58.9 Å². The third kappa shape index (κ3) is 5.78. The third-order valence-corrected chi connectivity index (χ3v) is 7.61. The summed E-state index contributed by atoms with van der Waals surface area (Å²) in [5, 5.41) is 2.80. The van der Waals surface area contributed by atoms with Crippen LogP contribution in [0.1, 0.15) is 54.6 Å². The number of anilines is 1. The van der Waals surface area contributed by atoms with Gasteiger partial charge in [-0.3, -0.25) is 4.79 Å². The molecule has 0 aromatic heterocycles. The van der Waals surface area contributed by atoms with Gasteiger partial charge < -0.3 is 10.1 Å². The van der Waals surface area contributed by atoms with E-state index in [1.54, 1.807) is 0 Å². The van der Waals surface area contributed by atoms with Gasteiger partial charge in [-0.1, -0.05) is 38.5 Å². The number of amides is 1. The molecule has 33 heavy (non-hydrogen) atoms. The molecular formula is C24H29FN2O5S. The van der Waals surface area contributed by atoms with E-state index in [1.807, 2.05) is 32.0 Å². The number of piperidine rings is 1. The predicted octanol–water partition coefficient (Wildman–Crippen LogP) is 3.92. The van der Waals surface area contributed by atoms with E-state index in [9.17, 15) is 22.4 Å². The van der Waals surface area contributed by atoms with Crippen LogP contribution in [-0.2, 0) is 32.4 Å². The van der Waals surface area contributed by atoms with Crippen molar-refractivity contribution in [3.63, 3.8) is 0 Å². The highest BCUT2D eigenvalue weighted by atomic mass is 32.2. The van der Waals surface area contributed by atoms with Crippen LogP contribution in [0.15, 0.2) is 41.3 Å². The van der Waals surface area contributed by atoms with Gasteiger partial charge in [-0.05, 0) is 55.0 Å². The highest BCUT2D eigenvalue weighted by Gasteiger charge is 2.29. The number of aryl methyl sites for hydroxylation is 2. The van der Waals surface area contributed by atoms with Crippen molar-refractivity contribution >= 4 is 27.6 Å². The first kappa shape index (κ1) is 24.9. The van der Waals surface area contributed by atoms with Gasteiger partial charge in [0.15, 0.2) is 6.61 Å². The number of carbonyl (C=O) groups is 2. The number of rotatable bonds is 8. The van der Waals surface area contributed by atoms with E-state index in [0.717, 1.165) is 48.6 Å². The van der Waals surface area contributed by atoms with Crippen LogP contribution in [0.25, 0.3) is 0 Å². The molecule has 1 fully saturated rings. The molecule has 0 aliphatic carbocycles. The molecule has 0 unspecified atom stereocenters. The molecule has 1 aliphatic heterocycles. The molecule has 1 heterocycles. The molecule has 2 aromatic carbocycles. The van der Waals surface area contributed by atoms with Crippen LogP contribution in [0.5, 0.6) is 0 Å². The second kappa shape index (κ2) is 10.9. The average Bonchev–Trinajstić information content (AvgIpc) is 2.83. The molecule has 1 N–H and O–H groups in total. The zero-order valence-electron chi connectivity index (χ0n) is 18.9. The van der Waals surface area contributed by atoms with Gasteiger partial charge in [0, 0.05) is 18.8 Å². The molecule has 3 rings (SSSR count). The second-order valence-electron chi connectivity index (χ2n) is 7.89. The Kier molecular flexibility index (Phi) is 8.20. The highest BCUT2D eigenvalue weighted by Crippen LogP contribution is 2.25. The normalized spacial score (nSPS) is 14.6. The zero-order valence-corrected chi connectivity index (χ0v) is 19.7. The lowest BCUT2D eigenvalue weighted by Gasteiger charge is -2.26. The Morgan fingerprint density at radius 2 is 1.67 bits per heavy atom. The summed E-state index contributed by atoms with van der Waals surface area (Å²) in [6.45, 7) is 4.04. The van der Waals surface area contributed by atoms with Gasteiger partial charge in [0.25, 0.3) is 5.91 Å². The van der Waals surface area contributed by atoms with Crippen LogP contribution >= 0.6 is 0 Å². The summed E-state index contributed by atoms with van der Waals surface area (Å²) in [7, 11) is -4.06. The van der Waals surface area contributed by atoms with E-state index < -0.39 is 39.2 Å². The van der Waals surface area contributed by atoms with Crippen LogP contribution in [0.3, 0.4) is 0 Å². The number of halogens is 1. The first-order chi connectivity index (χ1) is 15.8. The Labute approximate surface area is 194 Å². The molecule has 9 heteroatoms. The first-order valence-corrected chi connectivity index (χ1v) is 12.6. The van der Waals surface area contributed by atoms with Crippen molar-refractivity contribution < 1.29 is 27.1 Å². The lowest BCUT2D eigenvalue weighted by Crippen LogP contribution is -2.36. The summed E-state index contributed by atoms with van der Waals surface area (Å²) < 4.78 is 46.4. The lowest BCUT2D eigenvalue weighted by molar-refractivity contribution is -0.119. The number of nitrogens with zero attached hydrogens (tertiary/aromatic N) is 1. The number of esters is 1. The summed E-state index contributed by atoms with van der Waals surface area (Å²) in [4.78, 5) is 24.3. The van der Waals surface area contributed by atoms with Gasteiger partial charge in [-0.15, -0.1) is 0 Å². The summed E-state index contributed by atoms with van der Waals surface area (Å²) in [6, 6.07) is 8.82. The summed E-state index contributed by atoms with van der Waals surface area (Å²) in [5.41, 5.74) is 2.52. The van der Waals surface area contributed by atoms with Crippen molar-refractivity contribution in [2.24, 2.45) is 0 Å². The predicted molar refractivity (Wildman–Crippen MR) is 123 cm³/mol. The van der Waals surface area contributed by atoms with Crippen molar-refractivity contribution in [1.29, 1.82) is 0 Å². The monoisotopic (exact) mass is 476 g/mol. The van der Waals surface area contributed by atoms with E-state index in [4.69, 9.17) is 4.74 Å². The number of benzene rings is 2. The fourth-order valence-electron chi connectivity index (χ4n) is 3.87. The maximum atomic E-state index is 14.4. The first-order valence-electron chi connectivity index (χ1n) is 11.1. The number of hydrogen-bond donors (Lipinski definition) is 1. The Hall–Kier alpha value is -2.78. The van der Waals surface area contributed by atoms with E-state index >= 15 is 0 Å². The molecule has 1 aliphatic rings. The van der Waals surface area contributed by atoms with Crippen molar-refractivity contribution in [1.82, 2.24) is 4.31 Å². The summed E-state index contributed by atoms with van der Waals surface area (Å²) in [5.74, 6) is -2.35. The van der Waals surface area contributed by atoms with Crippen molar-refractivity contribution in [2.45, 2.75) is 50.8 Å². The molecule has 1 saturated heterocycles. The van der Waals surface area contributed by atoms with Gasteiger partial charge in [0.2, 0.25) is 10.0 Å². The standard InChI is InChI=1S/C24H29FN2O5S/c1-3-17-9-8-10-18(4-2)23(17)26-22(28)16-32-24(29)19-11-12-20(25)21(15-19)33(30,31)27-13-6-5-7-14-27/h8-12,15H,3-7,13-14,16H2,1-2H3,(H,26,28). The van der Waals surface area contributed by atoms with E-state index in [1.165, 1.54) is 4.31 Å². The average molecular weight is 477 g/mol. The molecule has 178 valence electrons. The largest absolute Gasteiger partial charge is 0.452 e. The minimum Gasteiger partial charge on any atom is -0.452 e. The molecular weight excluding hydrogens is 447 g/mol. The summed E-state index contributed by atoms with van der Waals surface area (Å²) in [6.07, 6.45) is 3.79. The van der Waals surface area contributed by atoms with Gasteiger partial charge >= 0.3 is 5.97 Å². The van der Waals surface area contributed by atoms with Gasteiger partial charge in [-0.25, -0.2) is 17.6 Å². The summed E-state index contributed by atoms with van der Waals surface area (Å²) >= 11 is 0. The number of para-hydroxylation sites is 1. The number of hydrogen-bond acceptors (Lipinski definition) is 5. The number of carbonyl (C=O) groups excluding carboxylic acids is 2. The quantitative estimate of drug-likeness (QED) is 0.583. The van der Waals surface area contributed by atoms with Crippen LogP contribution in [0.2, 0.25) is 0 Å². The number of nitrogens with one attached hydrogen (secondary N) is 1. The van der Waals surface area contributed by atoms with Crippen molar-refractivity contribution in [2.75, 3.05) is 25.0 Å². The molecule has 7 nitrogen and oxygen atoms in total. The van der Waals surface area contributed by atoms with Crippen LogP contribution < -0.4 is 5.32 Å². The van der Waals surface area contributed by atoms with E-state index in [0.29, 0.717) is 31.6 Å². The SMILES string of the molecule is CCc1cccc(CC)c1NC(=O)COC(=O)c1ccc(F)c(S(=O)(=O)N2CCCCC2)c1. The smallest absolute Gasteiger partial charge is 0.338 e. The fourth-order valence-corrected chi connectivity index (χ4v) is 5.47. The number of sulfonamides is 1. The zero-order chi connectivity index (χ0) is 24.0. The van der Waals surface area contributed by atoms with E-state index in [-0.39, 0.29) is 5.56 Å². The van der Waals surface area contributed by atoms with Crippen molar-refractivity contribution in [3.8, 4) is 0 Å². The van der Waals surface area contributed by atoms with Crippen LogP contribution in [0.4, 0.5) is 10.1 Å². The third-order valence-electron chi connectivity index (χ3n) is 5.70.